The van der Waals surface area contributed by atoms with E-state index >= 15 is 0 Å². The van der Waals surface area contributed by atoms with Crippen LogP contribution in [-0.4, -0.2) is 4.83 Å². The van der Waals surface area contributed by atoms with Crippen LogP contribution < -0.4 is 0 Å². The zero-order chi connectivity index (χ0) is 13.9. The van der Waals surface area contributed by atoms with Gasteiger partial charge >= 0.3 is 0 Å². The summed E-state index contributed by atoms with van der Waals surface area (Å²) >= 11 is 3.96. The molecule has 0 N–H and O–H groups in total. The second-order valence-corrected chi connectivity index (χ2v) is 8.19. The van der Waals surface area contributed by atoms with Crippen LogP contribution in [0.1, 0.15) is 52.0 Å². The Balaban J connectivity index is 1.94. The van der Waals surface area contributed by atoms with Gasteiger partial charge in [0, 0.05) is 4.83 Å². The van der Waals surface area contributed by atoms with Crippen LogP contribution in [0.2, 0.25) is 0 Å². The molecule has 1 fully saturated rings. The van der Waals surface area contributed by atoms with E-state index in [2.05, 4.69) is 67.0 Å². The maximum absolute atomic E-state index is 3.96. The van der Waals surface area contributed by atoms with Crippen LogP contribution in [0, 0.1) is 17.3 Å². The minimum absolute atomic E-state index is 0.435. The fraction of sp³-hybridized carbons (Fsp3) is 0.667. The summed E-state index contributed by atoms with van der Waals surface area (Å²) in [6, 6.07) is 10.9. The number of hydrogen-bond donors (Lipinski definition) is 0. The number of benzene rings is 1. The quantitative estimate of drug-likeness (QED) is 0.610. The molecule has 0 nitrogen and oxygen atoms in total. The number of halogens is 1. The normalized spacial score (nSPS) is 28.3. The molecule has 19 heavy (non-hydrogen) atoms. The molecule has 1 aliphatic rings. The Bertz CT molecular complexity index is 382. The van der Waals surface area contributed by atoms with E-state index in [-0.39, 0.29) is 0 Å². The van der Waals surface area contributed by atoms with E-state index in [0.29, 0.717) is 10.2 Å². The van der Waals surface area contributed by atoms with Crippen molar-refractivity contribution in [2.45, 2.75) is 57.7 Å². The van der Waals surface area contributed by atoms with Gasteiger partial charge in [0.2, 0.25) is 0 Å². The SMILES string of the molecule is CC1CCC(C(C)(C)CCc2ccccc2)C(Br)C1. The maximum Gasteiger partial charge on any atom is 0.0181 e. The fourth-order valence-electron chi connectivity index (χ4n) is 3.49. The molecule has 1 heteroatoms. The highest BCUT2D eigenvalue weighted by Crippen LogP contribution is 2.45. The largest absolute Gasteiger partial charge is 0.0887 e. The molecule has 3 unspecified atom stereocenters. The highest BCUT2D eigenvalue weighted by Gasteiger charge is 2.37. The van der Waals surface area contributed by atoms with Crippen molar-refractivity contribution in [1.82, 2.24) is 0 Å². The first-order valence-corrected chi connectivity index (χ1v) is 8.58. The maximum atomic E-state index is 3.96. The van der Waals surface area contributed by atoms with Gasteiger partial charge in [-0.2, -0.15) is 0 Å². The third kappa shape index (κ3) is 4.08. The summed E-state index contributed by atoms with van der Waals surface area (Å²) in [4.78, 5) is 0.710. The molecule has 1 aliphatic carbocycles. The molecule has 1 aromatic carbocycles. The molecule has 106 valence electrons. The number of aryl methyl sites for hydroxylation is 1. The molecule has 1 saturated carbocycles. The van der Waals surface area contributed by atoms with Crippen molar-refractivity contribution in [3.63, 3.8) is 0 Å². The first-order valence-electron chi connectivity index (χ1n) is 7.67. The Morgan fingerprint density at radius 2 is 1.84 bits per heavy atom. The van der Waals surface area contributed by atoms with E-state index in [1.165, 1.54) is 37.7 Å². The van der Waals surface area contributed by atoms with Gasteiger partial charge in [0.25, 0.3) is 0 Å². The lowest BCUT2D eigenvalue weighted by Crippen LogP contribution is -2.36. The van der Waals surface area contributed by atoms with Gasteiger partial charge < -0.3 is 0 Å². The summed E-state index contributed by atoms with van der Waals surface area (Å²) < 4.78 is 0. The predicted octanol–water partition coefficient (Wildman–Crippen LogP) is 5.85. The van der Waals surface area contributed by atoms with Crippen LogP contribution in [0.15, 0.2) is 30.3 Å². The van der Waals surface area contributed by atoms with E-state index < -0.39 is 0 Å². The molecule has 0 bridgehead atoms. The topological polar surface area (TPSA) is 0 Å². The average Bonchev–Trinajstić information content (AvgIpc) is 2.37. The van der Waals surface area contributed by atoms with Gasteiger partial charge in [0.15, 0.2) is 0 Å². The third-order valence-electron chi connectivity index (χ3n) is 4.94. The van der Waals surface area contributed by atoms with Gasteiger partial charge in [-0.05, 0) is 48.5 Å². The summed E-state index contributed by atoms with van der Waals surface area (Å²) in [5.41, 5.74) is 1.91. The molecule has 0 aliphatic heterocycles. The summed E-state index contributed by atoms with van der Waals surface area (Å²) in [5.74, 6) is 1.72. The molecule has 0 spiro atoms. The average molecular weight is 323 g/mol. The minimum atomic E-state index is 0.435. The van der Waals surface area contributed by atoms with Crippen molar-refractivity contribution >= 4 is 15.9 Å². The van der Waals surface area contributed by atoms with Crippen LogP contribution in [0.5, 0.6) is 0 Å². The Morgan fingerprint density at radius 3 is 2.47 bits per heavy atom. The van der Waals surface area contributed by atoms with Crippen molar-refractivity contribution in [3.8, 4) is 0 Å². The molecule has 0 amide bonds. The zero-order valence-corrected chi connectivity index (χ0v) is 14.1. The first kappa shape index (κ1) is 15.1. The van der Waals surface area contributed by atoms with Crippen molar-refractivity contribution in [2.24, 2.45) is 17.3 Å². The Hall–Kier alpha value is -0.300. The van der Waals surface area contributed by atoms with Gasteiger partial charge in [0.1, 0.15) is 0 Å². The monoisotopic (exact) mass is 322 g/mol. The number of rotatable bonds is 4. The lowest BCUT2D eigenvalue weighted by atomic mass is 9.67. The van der Waals surface area contributed by atoms with Gasteiger partial charge in [-0.15, -0.1) is 0 Å². The van der Waals surface area contributed by atoms with E-state index in [1.807, 2.05) is 0 Å². The molecule has 1 aromatic rings. The number of hydrogen-bond acceptors (Lipinski definition) is 0. The summed E-state index contributed by atoms with van der Waals surface area (Å²) in [6.45, 7) is 7.32. The molecule has 3 atom stereocenters. The Kier molecular flexibility index (Phi) is 5.11. The smallest absolute Gasteiger partial charge is 0.0181 e. The standard InChI is InChI=1S/C18H27Br/c1-14-9-10-16(17(19)13-14)18(2,3)12-11-15-7-5-4-6-8-15/h4-8,14,16-17H,9-13H2,1-3H3. The van der Waals surface area contributed by atoms with Crippen LogP contribution in [-0.2, 0) is 6.42 Å². The summed E-state index contributed by atoms with van der Waals surface area (Å²) in [5, 5.41) is 0. The molecule has 0 heterocycles. The van der Waals surface area contributed by atoms with E-state index in [4.69, 9.17) is 0 Å². The zero-order valence-electron chi connectivity index (χ0n) is 12.5. The molecule has 0 radical (unpaired) electrons. The second kappa shape index (κ2) is 6.43. The van der Waals surface area contributed by atoms with Crippen molar-refractivity contribution in [2.75, 3.05) is 0 Å². The van der Waals surface area contributed by atoms with E-state index in [1.54, 1.807) is 0 Å². The summed E-state index contributed by atoms with van der Waals surface area (Å²) in [6.07, 6.45) is 6.64. The fourth-order valence-corrected chi connectivity index (χ4v) is 5.11. The lowest BCUT2D eigenvalue weighted by Gasteiger charge is -2.42. The first-order chi connectivity index (χ1) is 8.99. The van der Waals surface area contributed by atoms with Crippen LogP contribution in [0.25, 0.3) is 0 Å². The molecule has 0 aromatic heterocycles. The Morgan fingerprint density at radius 1 is 1.16 bits per heavy atom. The van der Waals surface area contributed by atoms with E-state index in [0.717, 1.165) is 11.8 Å². The van der Waals surface area contributed by atoms with Gasteiger partial charge in [-0.1, -0.05) is 73.5 Å². The van der Waals surface area contributed by atoms with Gasteiger partial charge in [-0.3, -0.25) is 0 Å². The van der Waals surface area contributed by atoms with Crippen molar-refractivity contribution in [3.05, 3.63) is 35.9 Å². The lowest BCUT2D eigenvalue weighted by molar-refractivity contribution is 0.137. The number of alkyl halides is 1. The van der Waals surface area contributed by atoms with Crippen LogP contribution in [0.4, 0.5) is 0 Å². The predicted molar refractivity (Wildman–Crippen MR) is 87.8 cm³/mol. The van der Waals surface area contributed by atoms with Gasteiger partial charge in [0.05, 0.1) is 0 Å². The molecule has 0 saturated heterocycles. The van der Waals surface area contributed by atoms with Crippen LogP contribution in [0.3, 0.4) is 0 Å². The van der Waals surface area contributed by atoms with Crippen LogP contribution >= 0.6 is 15.9 Å². The van der Waals surface area contributed by atoms with E-state index in [9.17, 15) is 0 Å². The van der Waals surface area contributed by atoms with Crippen molar-refractivity contribution in [1.29, 1.82) is 0 Å². The van der Waals surface area contributed by atoms with Gasteiger partial charge in [-0.25, -0.2) is 0 Å². The summed E-state index contributed by atoms with van der Waals surface area (Å²) in [7, 11) is 0. The highest BCUT2D eigenvalue weighted by molar-refractivity contribution is 9.09. The minimum Gasteiger partial charge on any atom is -0.0887 e. The Labute approximate surface area is 127 Å². The second-order valence-electron chi connectivity index (χ2n) is 7.01. The van der Waals surface area contributed by atoms with Crippen molar-refractivity contribution < 1.29 is 0 Å². The third-order valence-corrected chi connectivity index (χ3v) is 5.95. The molecular formula is C18H27Br. The molecule has 2 rings (SSSR count). The highest BCUT2D eigenvalue weighted by atomic mass is 79.9. The molecular weight excluding hydrogens is 296 g/mol.